The number of carbonyl (C=O) groups excluding carboxylic acids is 2. The van der Waals surface area contributed by atoms with Crippen molar-refractivity contribution in [3.05, 3.63) is 23.8 Å². The second-order valence-corrected chi connectivity index (χ2v) is 3.07. The summed E-state index contributed by atoms with van der Waals surface area (Å²) in [5, 5.41) is 0. The predicted octanol–water partition coefficient (Wildman–Crippen LogP) is 1.24. The summed E-state index contributed by atoms with van der Waals surface area (Å²) in [7, 11) is 1.32. The van der Waals surface area contributed by atoms with Gasteiger partial charge in [0.05, 0.1) is 26.9 Å². The van der Waals surface area contributed by atoms with Crippen LogP contribution in [0.1, 0.15) is 13.8 Å². The molecule has 0 aliphatic carbocycles. The second-order valence-electron chi connectivity index (χ2n) is 3.07. The van der Waals surface area contributed by atoms with Crippen LogP contribution in [0.3, 0.4) is 0 Å². The molecule has 0 heterocycles. The standard InChI is InChI=1S/C12H18O5/c1-4-17-11(13)6-5-8-16-9-7-10(2)12(14)15-3/h5-7H,4,8-9H2,1-3H3/b6-5+,10-7+. The summed E-state index contributed by atoms with van der Waals surface area (Å²) >= 11 is 0. The van der Waals surface area contributed by atoms with Crippen molar-refractivity contribution in [3.8, 4) is 0 Å². The van der Waals surface area contributed by atoms with E-state index in [1.54, 1.807) is 26.0 Å². The van der Waals surface area contributed by atoms with Crippen LogP contribution in [0.15, 0.2) is 23.8 Å². The lowest BCUT2D eigenvalue weighted by molar-refractivity contribution is -0.137. The van der Waals surface area contributed by atoms with Crippen molar-refractivity contribution in [2.24, 2.45) is 0 Å². The van der Waals surface area contributed by atoms with Crippen LogP contribution in [-0.2, 0) is 23.8 Å². The summed E-state index contributed by atoms with van der Waals surface area (Å²) < 4.78 is 14.3. The highest BCUT2D eigenvalue weighted by Crippen LogP contribution is 1.95. The molecule has 0 saturated carbocycles. The van der Waals surface area contributed by atoms with Gasteiger partial charge in [0.2, 0.25) is 0 Å². The predicted molar refractivity (Wildman–Crippen MR) is 62.4 cm³/mol. The molecule has 17 heavy (non-hydrogen) atoms. The third-order valence-electron chi connectivity index (χ3n) is 1.77. The van der Waals surface area contributed by atoms with Gasteiger partial charge in [-0.15, -0.1) is 0 Å². The first kappa shape index (κ1) is 15.4. The maximum Gasteiger partial charge on any atom is 0.333 e. The van der Waals surface area contributed by atoms with E-state index in [-0.39, 0.29) is 19.2 Å². The van der Waals surface area contributed by atoms with E-state index in [0.29, 0.717) is 12.2 Å². The minimum atomic E-state index is -0.391. The van der Waals surface area contributed by atoms with Crippen LogP contribution in [0.4, 0.5) is 0 Å². The molecule has 5 heteroatoms. The number of methoxy groups -OCH3 is 1. The van der Waals surface area contributed by atoms with E-state index in [2.05, 4.69) is 9.47 Å². The largest absolute Gasteiger partial charge is 0.466 e. The van der Waals surface area contributed by atoms with Crippen LogP contribution in [0.25, 0.3) is 0 Å². The van der Waals surface area contributed by atoms with Crippen LogP contribution in [0.5, 0.6) is 0 Å². The first-order chi connectivity index (χ1) is 8.11. The molecule has 0 unspecified atom stereocenters. The van der Waals surface area contributed by atoms with Crippen LogP contribution < -0.4 is 0 Å². The Bertz CT molecular complexity index is 304. The molecule has 0 spiro atoms. The molecular weight excluding hydrogens is 224 g/mol. The lowest BCUT2D eigenvalue weighted by atomic mass is 10.3. The second kappa shape index (κ2) is 9.59. The summed E-state index contributed by atoms with van der Waals surface area (Å²) in [4.78, 5) is 21.8. The molecule has 5 nitrogen and oxygen atoms in total. The first-order valence-corrected chi connectivity index (χ1v) is 5.28. The molecule has 0 aromatic rings. The van der Waals surface area contributed by atoms with Crippen LogP contribution >= 0.6 is 0 Å². The molecule has 0 rings (SSSR count). The third kappa shape index (κ3) is 8.21. The van der Waals surface area contributed by atoms with Crippen molar-refractivity contribution >= 4 is 11.9 Å². The number of ether oxygens (including phenoxy) is 3. The molecule has 0 aromatic heterocycles. The van der Waals surface area contributed by atoms with Gasteiger partial charge < -0.3 is 14.2 Å². The van der Waals surface area contributed by atoms with Gasteiger partial charge in [0, 0.05) is 11.6 Å². The minimum absolute atomic E-state index is 0.282. The molecule has 0 radical (unpaired) electrons. The van der Waals surface area contributed by atoms with Gasteiger partial charge in [0.25, 0.3) is 0 Å². The molecule has 0 aliphatic rings. The van der Waals surface area contributed by atoms with Crippen molar-refractivity contribution in [3.63, 3.8) is 0 Å². The number of hydrogen-bond acceptors (Lipinski definition) is 5. The summed E-state index contributed by atoms with van der Waals surface area (Å²) in [6.45, 7) is 4.30. The van der Waals surface area contributed by atoms with E-state index < -0.39 is 5.97 Å². The highest BCUT2D eigenvalue weighted by Gasteiger charge is 2.00. The fourth-order valence-electron chi connectivity index (χ4n) is 0.899. The Labute approximate surface area is 101 Å². The Balaban J connectivity index is 3.72. The average Bonchev–Trinajstić information content (AvgIpc) is 2.32. The zero-order valence-corrected chi connectivity index (χ0v) is 10.4. The van der Waals surface area contributed by atoms with Gasteiger partial charge in [0.1, 0.15) is 0 Å². The third-order valence-corrected chi connectivity index (χ3v) is 1.77. The van der Waals surface area contributed by atoms with Gasteiger partial charge in [0.15, 0.2) is 0 Å². The van der Waals surface area contributed by atoms with Crippen molar-refractivity contribution in [2.75, 3.05) is 26.9 Å². The molecule has 0 amide bonds. The van der Waals surface area contributed by atoms with Crippen LogP contribution in [-0.4, -0.2) is 38.9 Å². The molecule has 0 aliphatic heterocycles. The molecule has 0 N–H and O–H groups in total. The monoisotopic (exact) mass is 242 g/mol. The Hall–Kier alpha value is -1.62. The normalized spacial score (nSPS) is 11.6. The molecule has 0 bridgehead atoms. The molecular formula is C12H18O5. The Morgan fingerprint density at radius 3 is 2.53 bits per heavy atom. The number of rotatable bonds is 7. The minimum Gasteiger partial charge on any atom is -0.466 e. The summed E-state index contributed by atoms with van der Waals surface area (Å²) in [5.74, 6) is -0.770. The zero-order chi connectivity index (χ0) is 13.1. The van der Waals surface area contributed by atoms with E-state index in [0.717, 1.165) is 0 Å². The molecule has 0 saturated heterocycles. The lowest BCUT2D eigenvalue weighted by Gasteiger charge is -1.99. The van der Waals surface area contributed by atoms with E-state index in [9.17, 15) is 9.59 Å². The van der Waals surface area contributed by atoms with Crippen LogP contribution in [0, 0.1) is 0 Å². The van der Waals surface area contributed by atoms with E-state index in [1.807, 2.05) is 0 Å². The summed E-state index contributed by atoms with van der Waals surface area (Å²) in [6, 6.07) is 0. The molecule has 0 fully saturated rings. The Kier molecular flexibility index (Phi) is 8.68. The zero-order valence-electron chi connectivity index (χ0n) is 10.4. The maximum atomic E-state index is 11.0. The lowest BCUT2D eigenvalue weighted by Crippen LogP contribution is -2.03. The fraction of sp³-hybridized carbons (Fsp3) is 0.500. The van der Waals surface area contributed by atoms with Crippen LogP contribution in [0.2, 0.25) is 0 Å². The topological polar surface area (TPSA) is 61.8 Å². The first-order valence-electron chi connectivity index (χ1n) is 5.28. The Morgan fingerprint density at radius 1 is 1.24 bits per heavy atom. The van der Waals surface area contributed by atoms with Gasteiger partial charge in [-0.1, -0.05) is 6.08 Å². The van der Waals surface area contributed by atoms with Gasteiger partial charge >= 0.3 is 11.9 Å². The average molecular weight is 242 g/mol. The quantitative estimate of drug-likeness (QED) is 0.382. The van der Waals surface area contributed by atoms with Crippen molar-refractivity contribution in [1.29, 1.82) is 0 Å². The SMILES string of the molecule is CCOC(=O)/C=C/COC/C=C(\C)C(=O)OC. The highest BCUT2D eigenvalue weighted by molar-refractivity contribution is 5.87. The number of esters is 2. The maximum absolute atomic E-state index is 11.0. The van der Waals surface area contributed by atoms with Crippen molar-refractivity contribution in [1.82, 2.24) is 0 Å². The molecule has 96 valence electrons. The van der Waals surface area contributed by atoms with E-state index in [1.165, 1.54) is 13.2 Å². The number of hydrogen-bond donors (Lipinski definition) is 0. The molecule has 0 aromatic carbocycles. The highest BCUT2D eigenvalue weighted by atomic mass is 16.5. The molecule has 0 atom stereocenters. The van der Waals surface area contributed by atoms with Gasteiger partial charge in [-0.25, -0.2) is 9.59 Å². The van der Waals surface area contributed by atoms with E-state index in [4.69, 9.17) is 4.74 Å². The van der Waals surface area contributed by atoms with Gasteiger partial charge in [-0.3, -0.25) is 0 Å². The summed E-state index contributed by atoms with van der Waals surface area (Å²) in [6.07, 6.45) is 4.48. The summed E-state index contributed by atoms with van der Waals surface area (Å²) in [5.41, 5.74) is 0.488. The van der Waals surface area contributed by atoms with Crippen molar-refractivity contribution in [2.45, 2.75) is 13.8 Å². The fourth-order valence-corrected chi connectivity index (χ4v) is 0.899. The smallest absolute Gasteiger partial charge is 0.333 e. The Morgan fingerprint density at radius 2 is 1.94 bits per heavy atom. The van der Waals surface area contributed by atoms with Crippen molar-refractivity contribution < 1.29 is 23.8 Å². The van der Waals surface area contributed by atoms with E-state index >= 15 is 0 Å². The van der Waals surface area contributed by atoms with Gasteiger partial charge in [-0.05, 0) is 19.9 Å². The number of carbonyl (C=O) groups is 2. The van der Waals surface area contributed by atoms with Gasteiger partial charge in [-0.2, -0.15) is 0 Å².